The van der Waals surface area contributed by atoms with Gasteiger partial charge in [0.2, 0.25) is 5.91 Å². The highest BCUT2D eigenvalue weighted by molar-refractivity contribution is 6.37. The number of amides is 1. The molecule has 0 aliphatic carbocycles. The van der Waals surface area contributed by atoms with Crippen molar-refractivity contribution in [3.8, 4) is 5.75 Å². The Labute approximate surface area is 123 Å². The summed E-state index contributed by atoms with van der Waals surface area (Å²) in [5.74, 6) is 5.44. The molecule has 1 aromatic carbocycles. The van der Waals surface area contributed by atoms with Crippen molar-refractivity contribution < 1.29 is 9.53 Å². The molecular formula is C13H18Cl2N2O2. The molecule has 0 spiro atoms. The fourth-order valence-corrected chi connectivity index (χ4v) is 2.05. The van der Waals surface area contributed by atoms with E-state index in [1.54, 1.807) is 0 Å². The molecule has 1 rings (SSSR count). The molecule has 6 heteroatoms. The molecule has 106 valence electrons. The van der Waals surface area contributed by atoms with Crippen LogP contribution >= 0.6 is 23.2 Å². The van der Waals surface area contributed by atoms with E-state index in [1.165, 1.54) is 0 Å². The number of nitrogens with two attached hydrogens (primary N) is 1. The van der Waals surface area contributed by atoms with Crippen LogP contribution in [0.1, 0.15) is 30.4 Å². The van der Waals surface area contributed by atoms with E-state index in [1.807, 2.05) is 19.9 Å². The van der Waals surface area contributed by atoms with E-state index in [0.717, 1.165) is 17.5 Å². The van der Waals surface area contributed by atoms with Crippen molar-refractivity contribution in [3.05, 3.63) is 27.2 Å². The standard InChI is InChI=1S/C13H18Cl2N2O2/c1-8-7-10(13(15)9(2)12(8)14)19-6-4-3-5-11(18)17-16/h7H,3-6,16H2,1-2H3,(H,17,18). The topological polar surface area (TPSA) is 64.3 Å². The van der Waals surface area contributed by atoms with E-state index in [-0.39, 0.29) is 5.91 Å². The van der Waals surface area contributed by atoms with Gasteiger partial charge in [0.15, 0.2) is 0 Å². The Bertz CT molecular complexity index is 464. The van der Waals surface area contributed by atoms with Crippen LogP contribution < -0.4 is 16.0 Å². The molecule has 4 nitrogen and oxygen atoms in total. The predicted octanol–water partition coefficient (Wildman–Crippen LogP) is 3.15. The lowest BCUT2D eigenvalue weighted by Gasteiger charge is -2.12. The summed E-state index contributed by atoms with van der Waals surface area (Å²) in [5.41, 5.74) is 3.84. The zero-order chi connectivity index (χ0) is 14.4. The van der Waals surface area contributed by atoms with Gasteiger partial charge in [-0.3, -0.25) is 10.2 Å². The molecule has 0 atom stereocenters. The number of hydrogen-bond acceptors (Lipinski definition) is 3. The third-order valence-corrected chi connectivity index (χ3v) is 3.84. The molecule has 1 aromatic rings. The molecule has 0 radical (unpaired) electrons. The van der Waals surface area contributed by atoms with Crippen molar-refractivity contribution in [1.29, 1.82) is 0 Å². The summed E-state index contributed by atoms with van der Waals surface area (Å²) in [5, 5.41) is 1.20. The number of carbonyl (C=O) groups excluding carboxylic acids is 1. The number of ether oxygens (including phenoxy) is 1. The number of nitrogens with one attached hydrogen (secondary N) is 1. The van der Waals surface area contributed by atoms with Crippen molar-refractivity contribution in [2.45, 2.75) is 33.1 Å². The van der Waals surface area contributed by atoms with Crippen molar-refractivity contribution in [1.82, 2.24) is 5.43 Å². The lowest BCUT2D eigenvalue weighted by Crippen LogP contribution is -2.29. The Morgan fingerprint density at radius 2 is 2.00 bits per heavy atom. The highest BCUT2D eigenvalue weighted by atomic mass is 35.5. The first-order valence-electron chi connectivity index (χ1n) is 6.04. The maximum atomic E-state index is 10.9. The molecule has 19 heavy (non-hydrogen) atoms. The van der Waals surface area contributed by atoms with Crippen LogP contribution in [0.25, 0.3) is 0 Å². The fourth-order valence-electron chi connectivity index (χ4n) is 1.65. The quantitative estimate of drug-likeness (QED) is 0.367. The van der Waals surface area contributed by atoms with Gasteiger partial charge in [0.25, 0.3) is 0 Å². The molecule has 0 unspecified atom stereocenters. The minimum atomic E-state index is -0.170. The summed E-state index contributed by atoms with van der Waals surface area (Å²) < 4.78 is 5.62. The van der Waals surface area contributed by atoms with E-state index in [9.17, 15) is 4.79 Å². The second-order valence-electron chi connectivity index (χ2n) is 4.32. The number of hydrogen-bond donors (Lipinski definition) is 2. The molecule has 0 heterocycles. The van der Waals surface area contributed by atoms with Crippen LogP contribution in [-0.2, 0) is 4.79 Å². The number of halogens is 2. The molecular weight excluding hydrogens is 287 g/mol. The zero-order valence-electron chi connectivity index (χ0n) is 11.1. The molecule has 0 fully saturated rings. The van der Waals surface area contributed by atoms with Gasteiger partial charge in [-0.15, -0.1) is 0 Å². The molecule has 1 amide bonds. The lowest BCUT2D eigenvalue weighted by molar-refractivity contribution is -0.121. The van der Waals surface area contributed by atoms with Gasteiger partial charge in [0.05, 0.1) is 11.6 Å². The fraction of sp³-hybridized carbons (Fsp3) is 0.462. The zero-order valence-corrected chi connectivity index (χ0v) is 12.6. The average Bonchev–Trinajstić information content (AvgIpc) is 2.41. The minimum Gasteiger partial charge on any atom is -0.492 e. The van der Waals surface area contributed by atoms with Crippen molar-refractivity contribution in [2.75, 3.05) is 6.61 Å². The van der Waals surface area contributed by atoms with Gasteiger partial charge in [-0.2, -0.15) is 0 Å². The van der Waals surface area contributed by atoms with Crippen LogP contribution in [0.3, 0.4) is 0 Å². The van der Waals surface area contributed by atoms with Crippen LogP contribution in [0.2, 0.25) is 10.0 Å². The van der Waals surface area contributed by atoms with Crippen molar-refractivity contribution >= 4 is 29.1 Å². The van der Waals surface area contributed by atoms with Crippen molar-refractivity contribution in [2.24, 2.45) is 5.84 Å². The summed E-state index contributed by atoms with van der Waals surface area (Å²) in [6.45, 7) is 4.26. The number of hydrazine groups is 1. The molecule has 0 bridgehead atoms. The Hall–Kier alpha value is -0.970. The number of unbranched alkanes of at least 4 members (excludes halogenated alkanes) is 1. The maximum Gasteiger partial charge on any atom is 0.233 e. The summed E-state index contributed by atoms with van der Waals surface area (Å²) in [4.78, 5) is 10.9. The third-order valence-electron chi connectivity index (χ3n) is 2.79. The largest absolute Gasteiger partial charge is 0.492 e. The first kappa shape index (κ1) is 16.1. The first-order valence-corrected chi connectivity index (χ1v) is 6.80. The van der Waals surface area contributed by atoms with Gasteiger partial charge in [0.1, 0.15) is 5.75 Å². The molecule has 0 saturated carbocycles. The van der Waals surface area contributed by atoms with Gasteiger partial charge < -0.3 is 4.74 Å². The second kappa shape index (κ2) is 7.58. The highest BCUT2D eigenvalue weighted by Gasteiger charge is 2.11. The number of aryl methyl sites for hydroxylation is 1. The molecule has 0 aliphatic heterocycles. The highest BCUT2D eigenvalue weighted by Crippen LogP contribution is 2.35. The van der Waals surface area contributed by atoms with E-state index < -0.39 is 0 Å². The van der Waals surface area contributed by atoms with E-state index in [0.29, 0.717) is 35.2 Å². The second-order valence-corrected chi connectivity index (χ2v) is 5.07. The predicted molar refractivity (Wildman–Crippen MR) is 77.6 cm³/mol. The maximum absolute atomic E-state index is 10.9. The lowest BCUT2D eigenvalue weighted by atomic mass is 10.1. The minimum absolute atomic E-state index is 0.170. The number of rotatable bonds is 6. The number of carbonyl (C=O) groups is 1. The van der Waals surface area contributed by atoms with Crippen LogP contribution in [0.15, 0.2) is 6.07 Å². The number of benzene rings is 1. The monoisotopic (exact) mass is 304 g/mol. The molecule has 0 aromatic heterocycles. The van der Waals surface area contributed by atoms with E-state index in [4.69, 9.17) is 33.8 Å². The summed E-state index contributed by atoms with van der Waals surface area (Å²) in [7, 11) is 0. The summed E-state index contributed by atoms with van der Waals surface area (Å²) in [6, 6.07) is 1.82. The van der Waals surface area contributed by atoms with Gasteiger partial charge >= 0.3 is 0 Å². The summed E-state index contributed by atoms with van der Waals surface area (Å²) in [6.07, 6.45) is 1.86. The van der Waals surface area contributed by atoms with Crippen LogP contribution in [-0.4, -0.2) is 12.5 Å². The third kappa shape index (κ3) is 4.56. The van der Waals surface area contributed by atoms with Gasteiger partial charge in [-0.25, -0.2) is 5.84 Å². The van der Waals surface area contributed by atoms with Crippen LogP contribution in [0, 0.1) is 13.8 Å². The van der Waals surface area contributed by atoms with Gasteiger partial charge in [-0.1, -0.05) is 23.2 Å². The summed E-state index contributed by atoms with van der Waals surface area (Å²) >= 11 is 12.3. The smallest absolute Gasteiger partial charge is 0.233 e. The Morgan fingerprint density at radius 3 is 2.63 bits per heavy atom. The normalized spacial score (nSPS) is 10.4. The van der Waals surface area contributed by atoms with Crippen LogP contribution in [0.5, 0.6) is 5.75 Å². The van der Waals surface area contributed by atoms with Gasteiger partial charge in [0, 0.05) is 11.4 Å². The van der Waals surface area contributed by atoms with E-state index in [2.05, 4.69) is 5.43 Å². The van der Waals surface area contributed by atoms with Crippen molar-refractivity contribution in [3.63, 3.8) is 0 Å². The molecule has 0 aliphatic rings. The Balaban J connectivity index is 2.48. The molecule has 0 saturated heterocycles. The Morgan fingerprint density at radius 1 is 1.32 bits per heavy atom. The van der Waals surface area contributed by atoms with Crippen LogP contribution in [0.4, 0.5) is 0 Å². The van der Waals surface area contributed by atoms with Gasteiger partial charge in [-0.05, 0) is 43.9 Å². The molecule has 3 N–H and O–H groups in total. The first-order chi connectivity index (χ1) is 8.97. The van der Waals surface area contributed by atoms with E-state index >= 15 is 0 Å². The Kier molecular flexibility index (Phi) is 6.42. The SMILES string of the molecule is Cc1cc(OCCCCC(=O)NN)c(Cl)c(C)c1Cl. The average molecular weight is 305 g/mol.